The van der Waals surface area contributed by atoms with E-state index < -0.39 is 6.04 Å². The van der Waals surface area contributed by atoms with Crippen LogP contribution in [0.1, 0.15) is 6.42 Å². The molecule has 1 fully saturated rings. The molecule has 2 amide bonds. The van der Waals surface area contributed by atoms with Crippen LogP contribution in [0.4, 0.5) is 0 Å². The monoisotopic (exact) mass is 158 g/mol. The number of nitrogens with one attached hydrogen (secondary N) is 1. The van der Waals surface area contributed by atoms with Gasteiger partial charge in [0.05, 0.1) is 13.5 Å². The molecule has 0 bridgehead atoms. The van der Waals surface area contributed by atoms with Gasteiger partial charge in [-0.05, 0) is 0 Å². The standard InChI is InChI=1S/C6H10N2O3/c1-8-5(9)3-4(6(8)10)7-11-2/h4,7H,3H2,1-2H3. The van der Waals surface area contributed by atoms with Gasteiger partial charge >= 0.3 is 0 Å². The van der Waals surface area contributed by atoms with Crippen molar-refractivity contribution >= 4 is 11.8 Å². The van der Waals surface area contributed by atoms with Crippen LogP contribution in [0.15, 0.2) is 0 Å². The molecule has 62 valence electrons. The fourth-order valence-corrected chi connectivity index (χ4v) is 0.990. The molecule has 1 atom stereocenters. The molecule has 1 aliphatic rings. The summed E-state index contributed by atoms with van der Waals surface area (Å²) in [5.41, 5.74) is 2.44. The molecule has 1 heterocycles. The van der Waals surface area contributed by atoms with Gasteiger partial charge in [-0.2, -0.15) is 5.48 Å². The van der Waals surface area contributed by atoms with Gasteiger partial charge in [-0.25, -0.2) is 0 Å². The molecule has 0 aromatic carbocycles. The first-order valence-corrected chi connectivity index (χ1v) is 3.25. The Morgan fingerprint density at radius 1 is 1.64 bits per heavy atom. The lowest BCUT2D eigenvalue weighted by Gasteiger charge is -2.07. The number of rotatable bonds is 2. The van der Waals surface area contributed by atoms with Gasteiger partial charge in [0.15, 0.2) is 0 Å². The number of likely N-dealkylation sites (tertiary alicyclic amines) is 1. The molecular formula is C6H10N2O3. The van der Waals surface area contributed by atoms with Crippen LogP contribution in [0, 0.1) is 0 Å². The van der Waals surface area contributed by atoms with E-state index in [9.17, 15) is 9.59 Å². The van der Waals surface area contributed by atoms with E-state index in [0.717, 1.165) is 4.90 Å². The van der Waals surface area contributed by atoms with Crippen LogP contribution in [0.25, 0.3) is 0 Å². The largest absolute Gasteiger partial charge is 0.304 e. The zero-order valence-electron chi connectivity index (χ0n) is 6.46. The van der Waals surface area contributed by atoms with E-state index in [0.29, 0.717) is 0 Å². The molecule has 0 aliphatic carbocycles. The second-order valence-electron chi connectivity index (χ2n) is 2.37. The number of amides is 2. The molecule has 0 radical (unpaired) electrons. The predicted octanol–water partition coefficient (Wildman–Crippen LogP) is -1.11. The van der Waals surface area contributed by atoms with Gasteiger partial charge in [-0.1, -0.05) is 0 Å². The third-order valence-corrected chi connectivity index (χ3v) is 1.64. The number of hydrogen-bond donors (Lipinski definition) is 1. The van der Waals surface area contributed by atoms with E-state index in [2.05, 4.69) is 10.3 Å². The highest BCUT2D eigenvalue weighted by Gasteiger charge is 2.35. The minimum absolute atomic E-state index is 0.176. The Kier molecular flexibility index (Phi) is 2.21. The van der Waals surface area contributed by atoms with E-state index in [-0.39, 0.29) is 18.2 Å². The smallest absolute Gasteiger partial charge is 0.248 e. The third-order valence-electron chi connectivity index (χ3n) is 1.64. The zero-order chi connectivity index (χ0) is 8.43. The molecule has 0 aromatic rings. The highest BCUT2D eigenvalue weighted by molar-refractivity contribution is 6.05. The normalized spacial score (nSPS) is 24.9. The summed E-state index contributed by atoms with van der Waals surface area (Å²) in [5, 5.41) is 0. The number of nitrogens with zero attached hydrogens (tertiary/aromatic N) is 1. The van der Waals surface area contributed by atoms with E-state index in [1.54, 1.807) is 0 Å². The molecule has 1 N–H and O–H groups in total. The Hall–Kier alpha value is -0.940. The number of hydrogen-bond acceptors (Lipinski definition) is 4. The van der Waals surface area contributed by atoms with Gasteiger partial charge in [0.25, 0.3) is 0 Å². The predicted molar refractivity (Wildman–Crippen MR) is 36.3 cm³/mol. The summed E-state index contributed by atoms with van der Waals surface area (Å²) >= 11 is 0. The number of hydroxylamine groups is 1. The minimum Gasteiger partial charge on any atom is -0.304 e. The molecule has 0 saturated carbocycles. The maximum absolute atomic E-state index is 11.1. The van der Waals surface area contributed by atoms with Crippen molar-refractivity contribution in [2.75, 3.05) is 14.2 Å². The summed E-state index contributed by atoms with van der Waals surface area (Å²) in [4.78, 5) is 27.6. The summed E-state index contributed by atoms with van der Waals surface area (Å²) in [6.07, 6.45) is 0.184. The topological polar surface area (TPSA) is 58.6 Å². The van der Waals surface area contributed by atoms with E-state index in [1.807, 2.05) is 0 Å². The molecule has 1 aliphatic heterocycles. The van der Waals surface area contributed by atoms with Crippen LogP contribution in [0.2, 0.25) is 0 Å². The maximum Gasteiger partial charge on any atom is 0.248 e. The van der Waals surface area contributed by atoms with Crippen molar-refractivity contribution in [2.24, 2.45) is 0 Å². The minimum atomic E-state index is -0.502. The van der Waals surface area contributed by atoms with Crippen LogP contribution < -0.4 is 5.48 Å². The second-order valence-corrected chi connectivity index (χ2v) is 2.37. The Morgan fingerprint density at radius 3 is 2.64 bits per heavy atom. The summed E-state index contributed by atoms with van der Waals surface area (Å²) < 4.78 is 0. The molecule has 1 unspecified atom stereocenters. The van der Waals surface area contributed by atoms with Crippen LogP contribution in [0.3, 0.4) is 0 Å². The van der Waals surface area contributed by atoms with Crippen molar-refractivity contribution < 1.29 is 14.4 Å². The molecule has 1 rings (SSSR count). The first kappa shape index (κ1) is 8.16. The second kappa shape index (κ2) is 2.98. The molecule has 1 saturated heterocycles. The van der Waals surface area contributed by atoms with Crippen LogP contribution in [-0.2, 0) is 14.4 Å². The van der Waals surface area contributed by atoms with Crippen LogP contribution in [0.5, 0.6) is 0 Å². The Bertz CT molecular complexity index is 192. The maximum atomic E-state index is 11.1. The van der Waals surface area contributed by atoms with Crippen molar-refractivity contribution in [2.45, 2.75) is 12.5 Å². The van der Waals surface area contributed by atoms with Gasteiger partial charge in [0, 0.05) is 7.05 Å². The molecule has 0 spiro atoms. The average Bonchev–Trinajstić information content (AvgIpc) is 2.19. The molecule has 5 heteroatoms. The van der Waals surface area contributed by atoms with Crippen molar-refractivity contribution in [3.8, 4) is 0 Å². The van der Waals surface area contributed by atoms with Crippen molar-refractivity contribution in [1.29, 1.82) is 0 Å². The first-order chi connectivity index (χ1) is 5.16. The first-order valence-electron chi connectivity index (χ1n) is 3.25. The summed E-state index contributed by atoms with van der Waals surface area (Å²) in [5.74, 6) is -0.415. The lowest BCUT2D eigenvalue weighted by Crippen LogP contribution is -2.36. The van der Waals surface area contributed by atoms with E-state index >= 15 is 0 Å². The Labute approximate surface area is 64.3 Å². The molecule has 0 aromatic heterocycles. The van der Waals surface area contributed by atoms with Gasteiger partial charge in [0.2, 0.25) is 11.8 Å². The Balaban J connectivity index is 2.60. The van der Waals surface area contributed by atoms with Crippen molar-refractivity contribution in [3.63, 3.8) is 0 Å². The van der Waals surface area contributed by atoms with Crippen LogP contribution >= 0.6 is 0 Å². The fourth-order valence-electron chi connectivity index (χ4n) is 0.990. The highest BCUT2D eigenvalue weighted by Crippen LogP contribution is 2.09. The van der Waals surface area contributed by atoms with Crippen molar-refractivity contribution in [3.05, 3.63) is 0 Å². The van der Waals surface area contributed by atoms with Gasteiger partial charge in [0.1, 0.15) is 6.04 Å². The zero-order valence-corrected chi connectivity index (χ0v) is 6.46. The summed E-state index contributed by atoms with van der Waals surface area (Å²) in [6.45, 7) is 0. The van der Waals surface area contributed by atoms with E-state index in [1.165, 1.54) is 14.2 Å². The summed E-state index contributed by atoms with van der Waals surface area (Å²) in [6, 6.07) is -0.502. The fraction of sp³-hybridized carbons (Fsp3) is 0.667. The SMILES string of the molecule is CONC1CC(=O)N(C)C1=O. The highest BCUT2D eigenvalue weighted by atomic mass is 16.6. The lowest BCUT2D eigenvalue weighted by molar-refractivity contribution is -0.138. The van der Waals surface area contributed by atoms with Gasteiger partial charge < -0.3 is 4.84 Å². The lowest BCUT2D eigenvalue weighted by atomic mass is 10.3. The van der Waals surface area contributed by atoms with Crippen molar-refractivity contribution in [1.82, 2.24) is 10.4 Å². The Morgan fingerprint density at radius 2 is 2.27 bits per heavy atom. The number of imide groups is 1. The number of likely N-dealkylation sites (N-methyl/N-ethyl adjacent to an activating group) is 1. The molecule has 11 heavy (non-hydrogen) atoms. The summed E-state index contributed by atoms with van der Waals surface area (Å²) in [7, 11) is 2.87. The van der Waals surface area contributed by atoms with Crippen LogP contribution in [-0.4, -0.2) is 36.9 Å². The third kappa shape index (κ3) is 1.38. The number of carbonyl (C=O) groups is 2. The molecular weight excluding hydrogens is 148 g/mol. The van der Waals surface area contributed by atoms with Gasteiger partial charge in [-0.3, -0.25) is 14.5 Å². The van der Waals surface area contributed by atoms with Gasteiger partial charge in [-0.15, -0.1) is 0 Å². The van der Waals surface area contributed by atoms with E-state index in [4.69, 9.17) is 0 Å². The molecule has 5 nitrogen and oxygen atoms in total. The number of carbonyl (C=O) groups excluding carboxylic acids is 2. The quantitative estimate of drug-likeness (QED) is 0.409. The average molecular weight is 158 g/mol.